The summed E-state index contributed by atoms with van der Waals surface area (Å²) in [5.74, 6) is 2.39. The van der Waals surface area contributed by atoms with Gasteiger partial charge in [0.05, 0.1) is 19.9 Å². The molecule has 2 bridgehead atoms. The number of nitrogens with one attached hydrogen (secondary N) is 1. The summed E-state index contributed by atoms with van der Waals surface area (Å²) in [4.78, 5) is 26.6. The molecule has 4 fully saturated rings. The second-order valence-corrected chi connectivity index (χ2v) is 11.6. The molecule has 0 radical (unpaired) electrons. The topological polar surface area (TPSA) is 114 Å². The smallest absolute Gasteiger partial charge is 0.254 e. The van der Waals surface area contributed by atoms with Gasteiger partial charge < -0.3 is 20.7 Å². The molecule has 3 aromatic rings. The van der Waals surface area contributed by atoms with Gasteiger partial charge in [-0.3, -0.25) is 14.4 Å². The van der Waals surface area contributed by atoms with Crippen molar-refractivity contribution < 1.29 is 9.53 Å². The highest BCUT2D eigenvalue weighted by Crippen LogP contribution is 2.63. The Bertz CT molecular complexity index is 1370. The van der Waals surface area contributed by atoms with Crippen LogP contribution < -0.4 is 15.8 Å². The number of nitrogen functional groups attached to an aromatic ring is 1. The van der Waals surface area contributed by atoms with E-state index < -0.39 is 0 Å². The summed E-state index contributed by atoms with van der Waals surface area (Å²) in [6.45, 7) is 3.09. The lowest BCUT2D eigenvalue weighted by molar-refractivity contribution is 0.0650. The maximum Gasteiger partial charge on any atom is 0.254 e. The number of piperazine rings is 1. The number of ether oxygens (including phenoxy) is 1. The van der Waals surface area contributed by atoms with Gasteiger partial charge >= 0.3 is 0 Å². The quantitative estimate of drug-likeness (QED) is 0.507. The Kier molecular flexibility index (Phi) is 5.11. The summed E-state index contributed by atoms with van der Waals surface area (Å²) in [6, 6.07) is 6.50. The molecule has 2 aliphatic carbocycles. The number of hydrogen-bond acceptors (Lipinski definition) is 8. The zero-order valence-corrected chi connectivity index (χ0v) is 21.5. The number of amides is 1. The predicted octanol–water partition coefficient (Wildman–Crippen LogP) is 2.60. The molecule has 10 nitrogen and oxygen atoms in total. The van der Waals surface area contributed by atoms with E-state index in [1.165, 1.54) is 25.7 Å². The van der Waals surface area contributed by atoms with E-state index in [4.69, 9.17) is 10.5 Å². The highest BCUT2D eigenvalue weighted by atomic mass is 16.5. The molecule has 7 rings (SSSR count). The Hall–Kier alpha value is -3.40. The molecule has 1 amide bonds. The fourth-order valence-corrected chi connectivity index (χ4v) is 6.85. The molecule has 194 valence electrons. The van der Waals surface area contributed by atoms with Crippen molar-refractivity contribution in [2.45, 2.75) is 50.7 Å². The van der Waals surface area contributed by atoms with Gasteiger partial charge in [0, 0.05) is 42.8 Å². The summed E-state index contributed by atoms with van der Waals surface area (Å²) in [5, 5.41) is 8.13. The number of hydrogen-bond donors (Lipinski definition) is 2. The molecular formula is C27H34N8O2. The molecule has 1 spiro atoms. The third-order valence-electron chi connectivity index (χ3n) is 9.09. The molecular weight excluding hydrogens is 468 g/mol. The van der Waals surface area contributed by atoms with E-state index in [1.54, 1.807) is 13.3 Å². The molecule has 10 heteroatoms. The Morgan fingerprint density at radius 3 is 2.76 bits per heavy atom. The first-order valence-corrected chi connectivity index (χ1v) is 13.3. The zero-order valence-electron chi connectivity index (χ0n) is 21.5. The van der Waals surface area contributed by atoms with Crippen LogP contribution in [0.2, 0.25) is 0 Å². The van der Waals surface area contributed by atoms with Crippen LogP contribution in [0.1, 0.15) is 48.0 Å². The van der Waals surface area contributed by atoms with Crippen molar-refractivity contribution in [2.24, 2.45) is 11.3 Å². The summed E-state index contributed by atoms with van der Waals surface area (Å²) < 4.78 is 7.61. The van der Waals surface area contributed by atoms with E-state index in [1.807, 2.05) is 27.8 Å². The molecule has 2 aromatic heterocycles. The molecule has 3 N–H and O–H groups in total. The zero-order chi connectivity index (χ0) is 25.3. The van der Waals surface area contributed by atoms with Crippen molar-refractivity contribution in [2.75, 3.05) is 44.8 Å². The van der Waals surface area contributed by atoms with E-state index >= 15 is 0 Å². The van der Waals surface area contributed by atoms with Crippen LogP contribution >= 0.6 is 0 Å². The minimum Gasteiger partial charge on any atom is -0.496 e. The van der Waals surface area contributed by atoms with Crippen LogP contribution in [-0.2, 0) is 6.54 Å². The first-order valence-electron chi connectivity index (χ1n) is 13.3. The third kappa shape index (κ3) is 3.89. The lowest BCUT2D eigenvalue weighted by Gasteiger charge is -2.36. The van der Waals surface area contributed by atoms with Crippen molar-refractivity contribution in [3.8, 4) is 5.75 Å². The second kappa shape index (κ2) is 8.31. The van der Waals surface area contributed by atoms with E-state index in [9.17, 15) is 4.79 Å². The maximum absolute atomic E-state index is 13.3. The Balaban J connectivity index is 1.12. The number of carbonyl (C=O) groups excluding carboxylic acids is 1. The van der Waals surface area contributed by atoms with Crippen LogP contribution in [0.25, 0.3) is 11.0 Å². The van der Waals surface area contributed by atoms with Crippen LogP contribution in [0.5, 0.6) is 5.75 Å². The number of methoxy groups -OCH3 is 1. The van der Waals surface area contributed by atoms with Crippen LogP contribution in [0.15, 0.2) is 24.4 Å². The molecule has 4 heterocycles. The molecule has 0 unspecified atom stereocenters. The number of fused-ring (bicyclic) bond motifs is 3. The van der Waals surface area contributed by atoms with Gasteiger partial charge in [-0.1, -0.05) is 6.07 Å². The van der Waals surface area contributed by atoms with Crippen molar-refractivity contribution >= 4 is 28.7 Å². The molecule has 2 aliphatic heterocycles. The molecule has 37 heavy (non-hydrogen) atoms. The van der Waals surface area contributed by atoms with Crippen molar-refractivity contribution in [1.29, 1.82) is 0 Å². The monoisotopic (exact) mass is 502 g/mol. The maximum atomic E-state index is 13.3. The molecule has 2 saturated carbocycles. The first-order chi connectivity index (χ1) is 17.9. The average Bonchev–Trinajstić information content (AvgIpc) is 3.20. The standard InChI is InChI=1S/C27H34N8O2/c1-33-14-20-8-19(33)15-34(20)25(36)17-3-4-18(22(7-17)37-2)13-35-23-21(12-30-35)31-26(28)32-24(23)29-11-16-9-27(10-16)5-6-27/h3-4,7,12,16,19-20H,5-6,8-11,13-15H2,1-2H3,(H3,28,29,31,32)/t19-,20-/m0/s1. The lowest BCUT2D eigenvalue weighted by atomic mass is 9.72. The largest absolute Gasteiger partial charge is 0.496 e. The van der Waals surface area contributed by atoms with Gasteiger partial charge in [0.1, 0.15) is 16.8 Å². The summed E-state index contributed by atoms with van der Waals surface area (Å²) >= 11 is 0. The molecule has 2 saturated heterocycles. The Morgan fingerprint density at radius 1 is 1.22 bits per heavy atom. The number of nitrogens with zero attached hydrogens (tertiary/aromatic N) is 6. The fraction of sp³-hybridized carbons (Fsp3) is 0.556. The molecule has 2 atom stereocenters. The molecule has 1 aromatic carbocycles. The number of rotatable bonds is 7. The number of nitrogens with two attached hydrogens (primary N) is 1. The second-order valence-electron chi connectivity index (χ2n) is 11.6. The van der Waals surface area contributed by atoms with Gasteiger partial charge in [-0.2, -0.15) is 10.1 Å². The number of carbonyl (C=O) groups is 1. The van der Waals surface area contributed by atoms with Crippen molar-refractivity contribution in [3.63, 3.8) is 0 Å². The van der Waals surface area contributed by atoms with Gasteiger partial charge in [-0.25, -0.2) is 4.98 Å². The highest BCUT2D eigenvalue weighted by molar-refractivity contribution is 5.95. The number of anilines is 2. The van der Waals surface area contributed by atoms with Gasteiger partial charge in [0.2, 0.25) is 5.95 Å². The number of likely N-dealkylation sites (N-methyl/N-ethyl adjacent to an activating group) is 1. The Morgan fingerprint density at radius 2 is 2.05 bits per heavy atom. The number of benzene rings is 1. The van der Waals surface area contributed by atoms with Crippen molar-refractivity contribution in [1.82, 2.24) is 29.5 Å². The normalized spacial score (nSPS) is 24.1. The number of aromatic nitrogens is 4. The van der Waals surface area contributed by atoms with Gasteiger partial charge in [-0.05, 0) is 62.6 Å². The van der Waals surface area contributed by atoms with Crippen LogP contribution in [0, 0.1) is 11.3 Å². The van der Waals surface area contributed by atoms with E-state index in [0.717, 1.165) is 43.0 Å². The first kappa shape index (κ1) is 22.8. The third-order valence-corrected chi connectivity index (χ3v) is 9.09. The van der Waals surface area contributed by atoms with Crippen molar-refractivity contribution in [3.05, 3.63) is 35.5 Å². The Labute approximate surface area is 216 Å². The van der Waals surface area contributed by atoms with E-state index in [0.29, 0.717) is 46.8 Å². The average molecular weight is 503 g/mol. The minimum absolute atomic E-state index is 0.0781. The summed E-state index contributed by atoms with van der Waals surface area (Å²) in [5.41, 5.74) is 9.81. The summed E-state index contributed by atoms with van der Waals surface area (Å²) in [6.07, 6.45) is 8.19. The van der Waals surface area contributed by atoms with Crippen LogP contribution in [-0.4, -0.2) is 81.3 Å². The van der Waals surface area contributed by atoms with Gasteiger partial charge in [0.15, 0.2) is 5.82 Å². The SMILES string of the molecule is COc1cc(C(=O)N2C[C@@H]3C[C@H]2CN3C)ccc1Cn1ncc2nc(N)nc(NCC3CC4(CC4)C3)c21. The summed E-state index contributed by atoms with van der Waals surface area (Å²) in [7, 11) is 3.78. The number of likely N-dealkylation sites (tertiary alicyclic amines) is 2. The minimum atomic E-state index is 0.0781. The fourth-order valence-electron chi connectivity index (χ4n) is 6.85. The van der Waals surface area contributed by atoms with Crippen LogP contribution in [0.3, 0.4) is 0 Å². The van der Waals surface area contributed by atoms with Crippen LogP contribution in [0.4, 0.5) is 11.8 Å². The molecule has 4 aliphatic rings. The predicted molar refractivity (Wildman–Crippen MR) is 141 cm³/mol. The highest BCUT2D eigenvalue weighted by Gasteiger charge is 2.52. The van der Waals surface area contributed by atoms with Gasteiger partial charge in [-0.15, -0.1) is 0 Å². The van der Waals surface area contributed by atoms with E-state index in [-0.39, 0.29) is 11.9 Å². The van der Waals surface area contributed by atoms with Gasteiger partial charge in [0.25, 0.3) is 5.91 Å². The lowest BCUT2D eigenvalue weighted by Crippen LogP contribution is -2.47. The van der Waals surface area contributed by atoms with E-state index in [2.05, 4.69) is 32.3 Å².